The van der Waals surface area contributed by atoms with Crippen LogP contribution in [-0.4, -0.2) is 15.7 Å². The average molecular weight is 295 g/mol. The van der Waals surface area contributed by atoms with Crippen molar-refractivity contribution in [2.75, 3.05) is 6.54 Å². The summed E-state index contributed by atoms with van der Waals surface area (Å²) in [6.45, 7) is 3.20. The smallest absolute Gasteiger partial charge is 0.329 e. The van der Waals surface area contributed by atoms with Crippen LogP contribution >= 0.6 is 0 Å². The molecule has 0 spiro atoms. The quantitative estimate of drug-likeness (QED) is 0.787. The molecule has 114 valence electrons. The fourth-order valence-corrected chi connectivity index (χ4v) is 3.12. The minimum Gasteiger partial charge on any atom is -0.330 e. The maximum absolute atomic E-state index is 12.9. The summed E-state index contributed by atoms with van der Waals surface area (Å²) in [5.74, 6) is 0. The van der Waals surface area contributed by atoms with Crippen molar-refractivity contribution in [1.82, 2.24) is 9.13 Å². The van der Waals surface area contributed by atoms with Gasteiger partial charge in [0.1, 0.15) is 0 Å². The molecule has 0 amide bonds. The molecule has 1 aromatic heterocycles. The van der Waals surface area contributed by atoms with Gasteiger partial charge in [-0.25, -0.2) is 4.79 Å². The van der Waals surface area contributed by atoms with Crippen molar-refractivity contribution in [3.63, 3.8) is 0 Å². The van der Waals surface area contributed by atoms with Crippen LogP contribution in [0.2, 0.25) is 0 Å². The molecule has 2 aromatic carbocycles. The van der Waals surface area contributed by atoms with Gasteiger partial charge in [-0.2, -0.15) is 0 Å². The van der Waals surface area contributed by atoms with Crippen molar-refractivity contribution in [1.29, 1.82) is 0 Å². The molecule has 0 aliphatic carbocycles. The van der Waals surface area contributed by atoms with Crippen LogP contribution in [0.15, 0.2) is 59.4 Å². The minimum absolute atomic E-state index is 0.0311. The lowest BCUT2D eigenvalue weighted by Gasteiger charge is -2.18. The van der Waals surface area contributed by atoms with E-state index in [0.717, 1.165) is 23.0 Å². The largest absolute Gasteiger partial charge is 0.330 e. The second-order valence-electron chi connectivity index (χ2n) is 5.39. The Kier molecular flexibility index (Phi) is 4.11. The molecule has 0 fully saturated rings. The van der Waals surface area contributed by atoms with Gasteiger partial charge in [0.05, 0.1) is 17.1 Å². The Morgan fingerprint density at radius 2 is 1.64 bits per heavy atom. The summed E-state index contributed by atoms with van der Waals surface area (Å²) in [6, 6.07) is 18.0. The maximum Gasteiger partial charge on any atom is 0.329 e. The van der Waals surface area contributed by atoms with E-state index in [4.69, 9.17) is 5.73 Å². The molecule has 1 heterocycles. The van der Waals surface area contributed by atoms with Crippen molar-refractivity contribution < 1.29 is 0 Å². The van der Waals surface area contributed by atoms with Gasteiger partial charge in [0.25, 0.3) is 0 Å². The highest BCUT2D eigenvalue weighted by Crippen LogP contribution is 2.25. The number of aromatic nitrogens is 2. The molecule has 0 radical (unpaired) electrons. The van der Waals surface area contributed by atoms with Crippen LogP contribution in [0.4, 0.5) is 0 Å². The Balaban J connectivity index is 2.27. The van der Waals surface area contributed by atoms with E-state index in [2.05, 4.69) is 12.1 Å². The molecule has 0 bridgehead atoms. The zero-order valence-corrected chi connectivity index (χ0v) is 12.8. The number of hydrogen-bond donors (Lipinski definition) is 1. The number of para-hydroxylation sites is 2. The molecule has 3 rings (SSSR count). The fraction of sp³-hybridized carbons (Fsp3) is 0.278. The monoisotopic (exact) mass is 295 g/mol. The van der Waals surface area contributed by atoms with Gasteiger partial charge in [-0.05, 0) is 37.6 Å². The maximum atomic E-state index is 12.9. The number of nitrogens with zero attached hydrogens (tertiary/aromatic N) is 2. The molecule has 2 N–H and O–H groups in total. The zero-order chi connectivity index (χ0) is 15.5. The molecule has 0 unspecified atom stereocenters. The van der Waals surface area contributed by atoms with Crippen molar-refractivity contribution in [3.05, 3.63) is 70.6 Å². The number of benzene rings is 2. The fourth-order valence-electron chi connectivity index (χ4n) is 3.12. The topological polar surface area (TPSA) is 53.0 Å². The van der Waals surface area contributed by atoms with E-state index >= 15 is 0 Å². The molecule has 0 saturated carbocycles. The first-order valence-corrected chi connectivity index (χ1v) is 7.72. The van der Waals surface area contributed by atoms with E-state index in [-0.39, 0.29) is 11.7 Å². The molecular formula is C18H21N3O. The third-order valence-corrected chi connectivity index (χ3v) is 4.12. The van der Waals surface area contributed by atoms with Gasteiger partial charge in [0.15, 0.2) is 0 Å². The Morgan fingerprint density at radius 3 is 2.27 bits per heavy atom. The second kappa shape index (κ2) is 6.20. The second-order valence-corrected chi connectivity index (χ2v) is 5.39. The number of hydrogen-bond acceptors (Lipinski definition) is 2. The number of imidazole rings is 1. The summed E-state index contributed by atoms with van der Waals surface area (Å²) < 4.78 is 3.71. The highest BCUT2D eigenvalue weighted by atomic mass is 16.1. The van der Waals surface area contributed by atoms with Gasteiger partial charge in [-0.1, -0.05) is 42.5 Å². The number of fused-ring (bicyclic) bond motifs is 1. The number of aryl methyl sites for hydroxylation is 1. The normalized spacial score (nSPS) is 12.6. The van der Waals surface area contributed by atoms with E-state index in [0.29, 0.717) is 13.1 Å². The summed E-state index contributed by atoms with van der Waals surface area (Å²) >= 11 is 0. The van der Waals surface area contributed by atoms with Gasteiger partial charge < -0.3 is 5.73 Å². The summed E-state index contributed by atoms with van der Waals surface area (Å²) in [5, 5.41) is 0. The highest BCUT2D eigenvalue weighted by molar-refractivity contribution is 5.76. The zero-order valence-electron chi connectivity index (χ0n) is 12.8. The third-order valence-electron chi connectivity index (χ3n) is 4.12. The summed E-state index contributed by atoms with van der Waals surface area (Å²) in [6.07, 6.45) is 0.738. The van der Waals surface area contributed by atoms with Gasteiger partial charge in [-0.3, -0.25) is 9.13 Å². The predicted octanol–water partition coefficient (Wildman–Crippen LogP) is 2.76. The summed E-state index contributed by atoms with van der Waals surface area (Å²) in [5.41, 5.74) is 8.92. The van der Waals surface area contributed by atoms with E-state index < -0.39 is 0 Å². The molecular weight excluding hydrogens is 274 g/mol. The van der Waals surface area contributed by atoms with Gasteiger partial charge in [0, 0.05) is 6.54 Å². The summed E-state index contributed by atoms with van der Waals surface area (Å²) in [4.78, 5) is 12.9. The predicted molar refractivity (Wildman–Crippen MR) is 90.1 cm³/mol. The van der Waals surface area contributed by atoms with Crippen molar-refractivity contribution in [3.8, 4) is 0 Å². The Morgan fingerprint density at radius 1 is 1.00 bits per heavy atom. The molecule has 0 aliphatic heterocycles. The Bertz CT molecular complexity index is 817. The molecule has 3 aromatic rings. The lowest BCUT2D eigenvalue weighted by molar-refractivity contribution is 0.530. The van der Waals surface area contributed by atoms with Gasteiger partial charge in [-0.15, -0.1) is 0 Å². The van der Waals surface area contributed by atoms with Crippen LogP contribution in [0.1, 0.15) is 24.9 Å². The number of rotatable bonds is 5. The van der Waals surface area contributed by atoms with Crippen LogP contribution in [0.3, 0.4) is 0 Å². The first-order chi connectivity index (χ1) is 10.8. The standard InChI is InChI=1S/C18H21N3O/c1-2-20-16-10-6-7-11-17(16)21(18(20)22)15(12-13-19)14-8-4-3-5-9-14/h3-11,15H,2,12-13,19H2,1H3/t15-/m1/s1. The third kappa shape index (κ3) is 2.35. The van der Waals surface area contributed by atoms with Crippen LogP contribution in [0.25, 0.3) is 11.0 Å². The lowest BCUT2D eigenvalue weighted by Crippen LogP contribution is -2.29. The van der Waals surface area contributed by atoms with Gasteiger partial charge in [0.2, 0.25) is 0 Å². The Labute approximate surface area is 129 Å². The minimum atomic E-state index is -0.0311. The lowest BCUT2D eigenvalue weighted by atomic mass is 10.0. The summed E-state index contributed by atoms with van der Waals surface area (Å²) in [7, 11) is 0. The van der Waals surface area contributed by atoms with E-state index in [1.807, 2.05) is 58.5 Å². The SMILES string of the molecule is CCn1c(=O)n([C@H](CCN)c2ccccc2)c2ccccc21. The average Bonchev–Trinajstić information content (AvgIpc) is 2.85. The first-order valence-electron chi connectivity index (χ1n) is 7.72. The molecule has 0 saturated heterocycles. The van der Waals surface area contributed by atoms with Crippen LogP contribution < -0.4 is 11.4 Å². The van der Waals surface area contributed by atoms with Crippen LogP contribution in [-0.2, 0) is 6.54 Å². The van der Waals surface area contributed by atoms with Gasteiger partial charge >= 0.3 is 5.69 Å². The van der Waals surface area contributed by atoms with Crippen molar-refractivity contribution in [2.45, 2.75) is 25.9 Å². The molecule has 1 atom stereocenters. The highest BCUT2D eigenvalue weighted by Gasteiger charge is 2.20. The van der Waals surface area contributed by atoms with Crippen LogP contribution in [0, 0.1) is 0 Å². The van der Waals surface area contributed by atoms with E-state index in [9.17, 15) is 4.79 Å². The van der Waals surface area contributed by atoms with Crippen molar-refractivity contribution in [2.24, 2.45) is 5.73 Å². The molecule has 4 nitrogen and oxygen atoms in total. The molecule has 4 heteroatoms. The molecule has 22 heavy (non-hydrogen) atoms. The van der Waals surface area contributed by atoms with Crippen molar-refractivity contribution >= 4 is 11.0 Å². The van der Waals surface area contributed by atoms with Crippen LogP contribution in [0.5, 0.6) is 0 Å². The van der Waals surface area contributed by atoms with E-state index in [1.54, 1.807) is 0 Å². The molecule has 0 aliphatic rings. The van der Waals surface area contributed by atoms with E-state index in [1.165, 1.54) is 0 Å². The Hall–Kier alpha value is -2.33. The first kappa shape index (κ1) is 14.6. The number of nitrogens with two attached hydrogens (primary N) is 1.